The average molecular weight is 319 g/mol. The van der Waals surface area contributed by atoms with Gasteiger partial charge in [-0.25, -0.2) is 0 Å². The summed E-state index contributed by atoms with van der Waals surface area (Å²) < 4.78 is 0.894. The van der Waals surface area contributed by atoms with Gasteiger partial charge in [0.2, 0.25) is 5.91 Å². The number of aromatic nitrogens is 1. The number of fused-ring (bicyclic) bond motifs is 3. The van der Waals surface area contributed by atoms with E-state index in [0.717, 1.165) is 27.2 Å². The second-order valence-corrected chi connectivity index (χ2v) is 5.78. The number of carbonyl (C=O) groups is 2. The van der Waals surface area contributed by atoms with Gasteiger partial charge < -0.3 is 9.69 Å². The summed E-state index contributed by atoms with van der Waals surface area (Å²) in [4.78, 5) is 29.6. The van der Waals surface area contributed by atoms with Crippen LogP contribution in [-0.4, -0.2) is 24.2 Å². The molecule has 96 valence electrons. The number of benzene rings is 1. The molecule has 1 amide bonds. The lowest BCUT2D eigenvalue weighted by Crippen LogP contribution is -2.37. The number of likely N-dealkylation sites (N-methyl/N-ethyl adjacent to an activating group) is 1. The molecule has 3 rings (SSSR count). The van der Waals surface area contributed by atoms with E-state index in [0.29, 0.717) is 5.69 Å². The Bertz CT molecular complexity index is 729. The van der Waals surface area contributed by atoms with Crippen LogP contribution in [0.15, 0.2) is 28.9 Å². The van der Waals surface area contributed by atoms with Gasteiger partial charge in [-0.05, 0) is 25.1 Å². The van der Waals surface area contributed by atoms with Crippen LogP contribution in [0.3, 0.4) is 0 Å². The summed E-state index contributed by atoms with van der Waals surface area (Å²) in [6.45, 7) is 1.66. The van der Waals surface area contributed by atoms with Gasteiger partial charge in [0.1, 0.15) is 11.7 Å². The van der Waals surface area contributed by atoms with E-state index in [1.165, 1.54) is 4.90 Å². The van der Waals surface area contributed by atoms with Gasteiger partial charge in [-0.2, -0.15) is 0 Å². The van der Waals surface area contributed by atoms with Crippen LogP contribution < -0.4 is 4.90 Å². The van der Waals surface area contributed by atoms with Crippen molar-refractivity contribution < 1.29 is 9.59 Å². The zero-order chi connectivity index (χ0) is 13.8. The van der Waals surface area contributed by atoms with Crippen LogP contribution in [0.4, 0.5) is 5.69 Å². The molecule has 0 aliphatic carbocycles. The molecular weight excluding hydrogens is 308 g/mol. The minimum atomic E-state index is -1.13. The number of hydrogen-bond acceptors (Lipinski definition) is 3. The monoisotopic (exact) mass is 318 g/mol. The van der Waals surface area contributed by atoms with Crippen molar-refractivity contribution in [2.24, 2.45) is 0 Å². The van der Waals surface area contributed by atoms with Gasteiger partial charge in [0.25, 0.3) is 0 Å². The van der Waals surface area contributed by atoms with Crippen molar-refractivity contribution in [1.82, 2.24) is 4.98 Å². The first-order chi connectivity index (χ1) is 8.99. The van der Waals surface area contributed by atoms with Crippen molar-refractivity contribution >= 4 is 44.7 Å². The van der Waals surface area contributed by atoms with E-state index < -0.39 is 5.41 Å². The molecule has 1 aliphatic rings. The first-order valence-corrected chi connectivity index (χ1v) is 6.61. The molecule has 0 saturated heterocycles. The summed E-state index contributed by atoms with van der Waals surface area (Å²) in [7, 11) is 1.67. The Hall–Kier alpha value is -1.75. The molecule has 0 saturated carbocycles. The van der Waals surface area contributed by atoms with E-state index in [9.17, 15) is 9.59 Å². The standard InChI is InChI=1S/C14H11BrN2O2/c1-14(7-18)12-9-5-8(15)3-4-10(9)16-6-11(12)17(2)13(14)19/h3-7H,1-2H3. The fourth-order valence-electron chi connectivity index (χ4n) is 2.63. The van der Waals surface area contributed by atoms with E-state index >= 15 is 0 Å². The van der Waals surface area contributed by atoms with Crippen molar-refractivity contribution in [1.29, 1.82) is 0 Å². The largest absolute Gasteiger partial charge is 0.313 e. The van der Waals surface area contributed by atoms with Crippen molar-refractivity contribution in [2.75, 3.05) is 11.9 Å². The van der Waals surface area contributed by atoms with Crippen molar-refractivity contribution in [3.8, 4) is 0 Å². The molecule has 0 fully saturated rings. The van der Waals surface area contributed by atoms with Gasteiger partial charge >= 0.3 is 0 Å². The summed E-state index contributed by atoms with van der Waals surface area (Å²) in [5.74, 6) is -0.216. The van der Waals surface area contributed by atoms with E-state index in [4.69, 9.17) is 0 Å². The Labute approximate surface area is 118 Å². The zero-order valence-electron chi connectivity index (χ0n) is 10.5. The van der Waals surface area contributed by atoms with Crippen LogP contribution in [0.5, 0.6) is 0 Å². The molecule has 1 aliphatic heterocycles. The summed E-state index contributed by atoms with van der Waals surface area (Å²) in [5, 5.41) is 0.833. The minimum Gasteiger partial charge on any atom is -0.313 e. The average Bonchev–Trinajstić information content (AvgIpc) is 2.61. The lowest BCUT2D eigenvalue weighted by molar-refractivity contribution is -0.127. The van der Waals surface area contributed by atoms with Crippen molar-refractivity contribution in [3.63, 3.8) is 0 Å². The van der Waals surface area contributed by atoms with E-state index in [2.05, 4.69) is 20.9 Å². The maximum Gasteiger partial charge on any atom is 0.244 e. The molecule has 4 nitrogen and oxygen atoms in total. The Morgan fingerprint density at radius 1 is 1.42 bits per heavy atom. The molecule has 5 heteroatoms. The number of nitrogens with zero attached hydrogens (tertiary/aromatic N) is 2. The van der Waals surface area contributed by atoms with Crippen LogP contribution in [0.25, 0.3) is 10.9 Å². The molecule has 0 bridgehead atoms. The van der Waals surface area contributed by atoms with Crippen molar-refractivity contribution in [3.05, 3.63) is 34.4 Å². The molecule has 2 aromatic rings. The van der Waals surface area contributed by atoms with Crippen LogP contribution >= 0.6 is 15.9 Å². The normalized spacial score (nSPS) is 21.8. The molecule has 0 radical (unpaired) electrons. The molecule has 1 aromatic carbocycles. The second-order valence-electron chi connectivity index (χ2n) is 4.86. The van der Waals surface area contributed by atoms with Crippen LogP contribution in [-0.2, 0) is 15.0 Å². The summed E-state index contributed by atoms with van der Waals surface area (Å²) in [6, 6.07) is 5.66. The van der Waals surface area contributed by atoms with Gasteiger partial charge in [-0.1, -0.05) is 15.9 Å². The number of carbonyl (C=O) groups excluding carboxylic acids is 2. The van der Waals surface area contributed by atoms with Gasteiger partial charge in [0, 0.05) is 22.5 Å². The molecule has 1 atom stereocenters. The molecule has 19 heavy (non-hydrogen) atoms. The maximum atomic E-state index is 12.3. The highest BCUT2D eigenvalue weighted by Crippen LogP contribution is 2.43. The van der Waals surface area contributed by atoms with Gasteiger partial charge in [-0.3, -0.25) is 9.78 Å². The molecule has 0 spiro atoms. The summed E-state index contributed by atoms with van der Waals surface area (Å²) >= 11 is 3.42. The maximum absolute atomic E-state index is 12.3. The first-order valence-electron chi connectivity index (χ1n) is 5.82. The van der Waals surface area contributed by atoms with Crippen molar-refractivity contribution in [2.45, 2.75) is 12.3 Å². The number of rotatable bonds is 1. The number of amides is 1. The van der Waals surface area contributed by atoms with Gasteiger partial charge in [0.05, 0.1) is 17.4 Å². The molecular formula is C14H11BrN2O2. The molecule has 1 unspecified atom stereocenters. The third kappa shape index (κ3) is 1.48. The fourth-order valence-corrected chi connectivity index (χ4v) is 2.99. The minimum absolute atomic E-state index is 0.216. The fraction of sp³-hybridized carbons (Fsp3) is 0.214. The quantitative estimate of drug-likeness (QED) is 0.599. The third-order valence-corrected chi connectivity index (χ3v) is 4.17. The Morgan fingerprint density at radius 2 is 2.16 bits per heavy atom. The van der Waals surface area contributed by atoms with E-state index in [1.54, 1.807) is 20.2 Å². The Kier molecular flexibility index (Phi) is 2.50. The molecule has 2 heterocycles. The lowest BCUT2D eigenvalue weighted by Gasteiger charge is -2.16. The first kappa shape index (κ1) is 12.3. The number of halogens is 1. The Balaban J connectivity index is 2.48. The highest BCUT2D eigenvalue weighted by atomic mass is 79.9. The molecule has 1 aromatic heterocycles. The number of pyridine rings is 1. The number of hydrogen-bond donors (Lipinski definition) is 0. The number of aldehydes is 1. The Morgan fingerprint density at radius 3 is 2.84 bits per heavy atom. The smallest absolute Gasteiger partial charge is 0.244 e. The summed E-state index contributed by atoms with van der Waals surface area (Å²) in [6.07, 6.45) is 2.37. The van der Waals surface area contributed by atoms with E-state index in [-0.39, 0.29) is 5.91 Å². The predicted molar refractivity (Wildman–Crippen MR) is 76.3 cm³/mol. The summed E-state index contributed by atoms with van der Waals surface area (Å²) in [5.41, 5.74) is 1.08. The van der Waals surface area contributed by atoms with E-state index in [1.807, 2.05) is 18.2 Å². The lowest BCUT2D eigenvalue weighted by atomic mass is 9.83. The number of anilines is 1. The highest BCUT2D eigenvalue weighted by molar-refractivity contribution is 9.10. The van der Waals surface area contributed by atoms with Gasteiger partial charge in [0.15, 0.2) is 0 Å². The highest BCUT2D eigenvalue weighted by Gasteiger charge is 2.47. The zero-order valence-corrected chi connectivity index (χ0v) is 12.1. The predicted octanol–water partition coefficient (Wildman–Crippen LogP) is 2.43. The topological polar surface area (TPSA) is 50.3 Å². The molecule has 0 N–H and O–H groups in total. The SMILES string of the molecule is CN1C(=O)C(C)(C=O)c2c1cnc1ccc(Br)cc21. The van der Waals surface area contributed by atoms with Crippen LogP contribution in [0.2, 0.25) is 0 Å². The van der Waals surface area contributed by atoms with Crippen LogP contribution in [0.1, 0.15) is 12.5 Å². The second kappa shape index (κ2) is 3.87. The van der Waals surface area contributed by atoms with Gasteiger partial charge in [-0.15, -0.1) is 0 Å². The third-order valence-electron chi connectivity index (χ3n) is 3.68. The van der Waals surface area contributed by atoms with Crippen LogP contribution in [0, 0.1) is 0 Å².